The van der Waals surface area contributed by atoms with Crippen LogP contribution >= 0.6 is 23.2 Å². The van der Waals surface area contributed by atoms with Crippen molar-refractivity contribution >= 4 is 51.7 Å². The number of carbonyl (C=O) groups excluding carboxylic acids is 2. The van der Waals surface area contributed by atoms with Crippen LogP contribution in [0.5, 0.6) is 11.5 Å². The second-order valence-electron chi connectivity index (χ2n) is 10.9. The van der Waals surface area contributed by atoms with E-state index in [0.29, 0.717) is 39.2 Å². The Kier molecular flexibility index (Phi) is 7.06. The molecular formula is C35H26Cl2N2O6. The van der Waals surface area contributed by atoms with Crippen molar-refractivity contribution in [3.05, 3.63) is 133 Å². The number of methoxy groups -OCH3 is 2. The zero-order valence-corrected chi connectivity index (χ0v) is 25.8. The van der Waals surface area contributed by atoms with Crippen LogP contribution < -0.4 is 19.8 Å². The third-order valence-electron chi connectivity index (χ3n) is 8.56. The zero-order chi connectivity index (χ0) is 31.5. The van der Waals surface area contributed by atoms with Crippen LogP contribution in [0.4, 0.5) is 5.69 Å². The van der Waals surface area contributed by atoms with Crippen LogP contribution in [0.1, 0.15) is 32.8 Å². The summed E-state index contributed by atoms with van der Waals surface area (Å²) < 4.78 is 17.0. The molecule has 0 fully saturated rings. The summed E-state index contributed by atoms with van der Waals surface area (Å²) in [6, 6.07) is 24.6. The van der Waals surface area contributed by atoms with Crippen molar-refractivity contribution in [2.75, 3.05) is 25.7 Å². The summed E-state index contributed by atoms with van der Waals surface area (Å²) in [6.45, 7) is 0.226. The average Bonchev–Trinajstić information content (AvgIpc) is 3.44. The van der Waals surface area contributed by atoms with E-state index in [9.17, 15) is 9.59 Å². The molecule has 226 valence electrons. The number of nitrogens with zero attached hydrogens (tertiary/aromatic N) is 2. The Morgan fingerprint density at radius 3 is 2.38 bits per heavy atom. The predicted molar refractivity (Wildman–Crippen MR) is 172 cm³/mol. The van der Waals surface area contributed by atoms with E-state index in [1.165, 1.54) is 11.0 Å². The molecule has 0 aliphatic carbocycles. The molecule has 1 atom stereocenters. The van der Waals surface area contributed by atoms with Gasteiger partial charge >= 0.3 is 0 Å². The number of hydrogen-bond donors (Lipinski definition) is 0. The number of carbonyl (C=O) groups is 2. The Balaban J connectivity index is 1.43. The molecule has 1 spiro atoms. The number of amides is 2. The summed E-state index contributed by atoms with van der Waals surface area (Å²) in [5.41, 5.74) is 0.567. The Hall–Kier alpha value is -4.79. The first-order valence-corrected chi connectivity index (χ1v) is 15.0. The molecule has 7 rings (SSSR count). The number of para-hydroxylation sites is 1. The minimum absolute atomic E-state index is 0.0197. The van der Waals surface area contributed by atoms with Gasteiger partial charge in [0.05, 0.1) is 37.4 Å². The summed E-state index contributed by atoms with van der Waals surface area (Å²) in [7, 11) is 3.10. The Morgan fingerprint density at radius 1 is 0.844 bits per heavy atom. The summed E-state index contributed by atoms with van der Waals surface area (Å²) in [5, 5.41) is 1.01. The van der Waals surface area contributed by atoms with E-state index in [4.69, 9.17) is 37.1 Å². The average molecular weight is 642 g/mol. The van der Waals surface area contributed by atoms with Gasteiger partial charge in [-0.3, -0.25) is 14.4 Å². The summed E-state index contributed by atoms with van der Waals surface area (Å²) in [6.07, 6.45) is 0.349. The number of rotatable bonds is 7. The molecule has 0 saturated heterocycles. The molecule has 8 nitrogen and oxygen atoms in total. The van der Waals surface area contributed by atoms with Crippen molar-refractivity contribution in [1.82, 2.24) is 4.90 Å². The molecule has 2 aliphatic rings. The fourth-order valence-electron chi connectivity index (χ4n) is 6.49. The lowest BCUT2D eigenvalue weighted by molar-refractivity contribution is -0.126. The lowest BCUT2D eigenvalue weighted by atomic mass is 9.83. The first-order chi connectivity index (χ1) is 21.8. The quantitative estimate of drug-likeness (QED) is 0.199. The zero-order valence-electron chi connectivity index (χ0n) is 24.3. The molecule has 4 aromatic carbocycles. The number of halogens is 2. The van der Waals surface area contributed by atoms with E-state index in [1.54, 1.807) is 55.5 Å². The lowest BCUT2D eigenvalue weighted by Crippen LogP contribution is -2.53. The molecule has 1 aromatic heterocycles. The van der Waals surface area contributed by atoms with Gasteiger partial charge in [-0.25, -0.2) is 0 Å². The van der Waals surface area contributed by atoms with Crippen LogP contribution in [-0.2, 0) is 23.3 Å². The highest BCUT2D eigenvalue weighted by atomic mass is 35.5. The van der Waals surface area contributed by atoms with Crippen molar-refractivity contribution in [2.45, 2.75) is 18.5 Å². The van der Waals surface area contributed by atoms with Gasteiger partial charge in [-0.05, 0) is 60.0 Å². The molecule has 0 N–H and O–H groups in total. The molecule has 10 heteroatoms. The summed E-state index contributed by atoms with van der Waals surface area (Å²) in [4.78, 5) is 46.8. The summed E-state index contributed by atoms with van der Waals surface area (Å²) >= 11 is 12.8. The van der Waals surface area contributed by atoms with E-state index >= 15 is 4.79 Å². The molecule has 0 saturated carbocycles. The molecule has 45 heavy (non-hydrogen) atoms. The SMILES string of the molecule is COc1ccc(CCN2C(=O)c3oc4ccc(Cl)cc4c(=O)c3C23C(=O)N(Cc2ccccc2Cl)c2ccccc23)cc1OC. The maximum atomic E-state index is 15.0. The Bertz CT molecular complexity index is 2090. The fraction of sp³-hybridized carbons (Fsp3) is 0.171. The number of hydrogen-bond acceptors (Lipinski definition) is 6. The third kappa shape index (κ3) is 4.31. The van der Waals surface area contributed by atoms with Gasteiger partial charge in [-0.2, -0.15) is 0 Å². The maximum Gasteiger partial charge on any atom is 0.291 e. The molecular weight excluding hydrogens is 615 g/mol. The van der Waals surface area contributed by atoms with E-state index in [0.717, 1.165) is 11.1 Å². The van der Waals surface area contributed by atoms with Crippen molar-refractivity contribution in [1.29, 1.82) is 0 Å². The van der Waals surface area contributed by atoms with Gasteiger partial charge in [0.2, 0.25) is 5.76 Å². The van der Waals surface area contributed by atoms with Crippen LogP contribution in [0.15, 0.2) is 94.1 Å². The monoisotopic (exact) mass is 640 g/mol. The number of fused-ring (bicyclic) bond motifs is 5. The second kappa shape index (κ2) is 11.0. The first-order valence-electron chi connectivity index (χ1n) is 14.2. The third-order valence-corrected chi connectivity index (χ3v) is 9.16. The van der Waals surface area contributed by atoms with E-state index in [-0.39, 0.29) is 35.4 Å². The van der Waals surface area contributed by atoms with Crippen molar-refractivity contribution in [3.63, 3.8) is 0 Å². The molecule has 5 aromatic rings. The Morgan fingerprint density at radius 2 is 1.60 bits per heavy atom. The van der Waals surface area contributed by atoms with E-state index < -0.39 is 22.8 Å². The van der Waals surface area contributed by atoms with Crippen molar-refractivity contribution < 1.29 is 23.5 Å². The molecule has 1 unspecified atom stereocenters. The van der Waals surface area contributed by atoms with Crippen molar-refractivity contribution in [3.8, 4) is 11.5 Å². The topological polar surface area (TPSA) is 89.3 Å². The largest absolute Gasteiger partial charge is 0.493 e. The van der Waals surface area contributed by atoms with Crippen LogP contribution in [0.3, 0.4) is 0 Å². The van der Waals surface area contributed by atoms with Gasteiger partial charge < -0.3 is 23.7 Å². The van der Waals surface area contributed by atoms with E-state index in [1.807, 2.05) is 42.5 Å². The van der Waals surface area contributed by atoms with Crippen LogP contribution in [0.25, 0.3) is 11.0 Å². The Labute approximate surface area is 268 Å². The van der Waals surface area contributed by atoms with Crippen LogP contribution in [0.2, 0.25) is 10.0 Å². The number of benzene rings is 4. The molecule has 2 aliphatic heterocycles. The molecule has 0 bridgehead atoms. The van der Waals surface area contributed by atoms with Gasteiger partial charge in [0.1, 0.15) is 5.58 Å². The van der Waals surface area contributed by atoms with Gasteiger partial charge in [-0.1, -0.05) is 65.7 Å². The minimum Gasteiger partial charge on any atom is -0.493 e. The second-order valence-corrected chi connectivity index (χ2v) is 11.7. The normalized spacial score (nSPS) is 16.9. The van der Waals surface area contributed by atoms with Crippen LogP contribution in [0, 0.1) is 0 Å². The first kappa shape index (κ1) is 29.0. The highest BCUT2D eigenvalue weighted by Crippen LogP contribution is 2.53. The standard InChI is InChI=1S/C35H26Cl2N2O6/c1-43-28-13-11-20(17-29(28)44-2)15-16-39-33(41)32-30(31(40)23-18-22(36)12-14-27(23)45-32)35(39)24-8-4-6-10-26(24)38(34(35)42)19-21-7-3-5-9-25(21)37/h3-14,17-18H,15-16,19H2,1-2H3. The maximum absolute atomic E-state index is 15.0. The summed E-state index contributed by atoms with van der Waals surface area (Å²) in [5.74, 6) is -0.0599. The predicted octanol–water partition coefficient (Wildman–Crippen LogP) is 6.61. The van der Waals surface area contributed by atoms with Crippen LogP contribution in [-0.4, -0.2) is 37.5 Å². The smallest absolute Gasteiger partial charge is 0.291 e. The molecule has 0 radical (unpaired) electrons. The molecule has 2 amide bonds. The molecule has 3 heterocycles. The van der Waals surface area contributed by atoms with Gasteiger partial charge in [0, 0.05) is 22.2 Å². The highest BCUT2D eigenvalue weighted by Gasteiger charge is 2.64. The highest BCUT2D eigenvalue weighted by molar-refractivity contribution is 6.31. The van der Waals surface area contributed by atoms with Gasteiger partial charge in [0.25, 0.3) is 11.8 Å². The number of anilines is 1. The van der Waals surface area contributed by atoms with Gasteiger partial charge in [0.15, 0.2) is 22.5 Å². The van der Waals surface area contributed by atoms with Gasteiger partial charge in [-0.15, -0.1) is 0 Å². The minimum atomic E-state index is -1.78. The lowest BCUT2D eigenvalue weighted by Gasteiger charge is -2.34. The van der Waals surface area contributed by atoms with Crippen molar-refractivity contribution in [2.24, 2.45) is 0 Å². The van der Waals surface area contributed by atoms with E-state index in [2.05, 4.69) is 0 Å². The number of ether oxygens (including phenoxy) is 2. The fourth-order valence-corrected chi connectivity index (χ4v) is 6.86.